The van der Waals surface area contributed by atoms with E-state index in [9.17, 15) is 18.0 Å². The lowest BCUT2D eigenvalue weighted by Gasteiger charge is -2.15. The molecule has 2 aromatic heterocycles. The number of rotatable bonds is 4. The van der Waals surface area contributed by atoms with E-state index in [4.69, 9.17) is 0 Å². The van der Waals surface area contributed by atoms with Gasteiger partial charge < -0.3 is 20.9 Å². The number of aromatic nitrogens is 3. The Labute approximate surface area is 163 Å². The average molecular weight is 404 g/mol. The first-order valence-corrected chi connectivity index (χ1v) is 9.12. The van der Waals surface area contributed by atoms with Crippen molar-refractivity contribution in [2.45, 2.75) is 25.6 Å². The van der Waals surface area contributed by atoms with Gasteiger partial charge in [0.25, 0.3) is 5.56 Å². The molecule has 0 bridgehead atoms. The van der Waals surface area contributed by atoms with E-state index in [1.807, 2.05) is 0 Å². The number of aromatic amines is 1. The number of benzene rings is 1. The van der Waals surface area contributed by atoms with Crippen molar-refractivity contribution in [3.63, 3.8) is 0 Å². The van der Waals surface area contributed by atoms with Crippen molar-refractivity contribution in [3.8, 4) is 0 Å². The SMILES string of the molecule is Cc1cc(Nc2nc(N[C@H]3CCNC3)nc3cc[nH]c(=O)c23)cc(C(F)(F)F)c1. The highest BCUT2D eigenvalue weighted by Crippen LogP contribution is 2.33. The van der Waals surface area contributed by atoms with Crippen LogP contribution in [-0.4, -0.2) is 34.1 Å². The van der Waals surface area contributed by atoms with Crippen LogP contribution in [0.2, 0.25) is 0 Å². The molecule has 10 heteroatoms. The Morgan fingerprint density at radius 1 is 1.21 bits per heavy atom. The number of aryl methyl sites for hydroxylation is 1. The number of nitrogens with zero attached hydrogens (tertiary/aromatic N) is 2. The van der Waals surface area contributed by atoms with E-state index in [0.717, 1.165) is 31.6 Å². The molecular weight excluding hydrogens is 385 g/mol. The van der Waals surface area contributed by atoms with Crippen molar-refractivity contribution in [1.29, 1.82) is 0 Å². The van der Waals surface area contributed by atoms with Crippen molar-refractivity contribution in [2.75, 3.05) is 23.7 Å². The topological polar surface area (TPSA) is 94.7 Å². The molecule has 152 valence electrons. The van der Waals surface area contributed by atoms with Gasteiger partial charge in [0.15, 0.2) is 0 Å². The number of halogens is 3. The number of alkyl halides is 3. The molecule has 0 aliphatic carbocycles. The molecule has 1 aromatic carbocycles. The number of pyridine rings is 1. The predicted octanol–water partition coefficient (Wildman–Crippen LogP) is 3.16. The second-order valence-electron chi connectivity index (χ2n) is 7.01. The summed E-state index contributed by atoms with van der Waals surface area (Å²) in [5, 5.41) is 9.49. The number of H-pyrrole nitrogens is 1. The van der Waals surface area contributed by atoms with E-state index < -0.39 is 17.3 Å². The third-order valence-electron chi connectivity index (χ3n) is 4.68. The standard InChI is InChI=1S/C19H19F3N6O/c1-10-6-11(19(20,21)22)8-13(7-10)25-16-15-14(3-5-24-17(15)29)27-18(28-16)26-12-2-4-23-9-12/h3,5-8,12,23H,2,4,9H2,1H3,(H,24,29)(H2,25,26,27,28)/t12-/m0/s1. The molecule has 29 heavy (non-hydrogen) atoms. The summed E-state index contributed by atoms with van der Waals surface area (Å²) in [7, 11) is 0. The fourth-order valence-electron chi connectivity index (χ4n) is 3.36. The van der Waals surface area contributed by atoms with Gasteiger partial charge in [-0.15, -0.1) is 0 Å². The van der Waals surface area contributed by atoms with Crippen LogP contribution in [-0.2, 0) is 6.18 Å². The molecule has 0 radical (unpaired) electrons. The maximum absolute atomic E-state index is 13.2. The first-order chi connectivity index (χ1) is 13.8. The van der Waals surface area contributed by atoms with Crippen LogP contribution in [0.15, 0.2) is 35.3 Å². The van der Waals surface area contributed by atoms with Crippen LogP contribution < -0.4 is 21.5 Å². The summed E-state index contributed by atoms with van der Waals surface area (Å²) >= 11 is 0. The molecule has 7 nitrogen and oxygen atoms in total. The van der Waals surface area contributed by atoms with Crippen LogP contribution in [0.1, 0.15) is 17.5 Å². The Morgan fingerprint density at radius 2 is 2.03 bits per heavy atom. The molecule has 4 N–H and O–H groups in total. The monoisotopic (exact) mass is 404 g/mol. The number of hydrogen-bond donors (Lipinski definition) is 4. The van der Waals surface area contributed by atoms with E-state index in [-0.39, 0.29) is 22.9 Å². The van der Waals surface area contributed by atoms with E-state index in [1.54, 1.807) is 19.1 Å². The van der Waals surface area contributed by atoms with Crippen LogP contribution >= 0.6 is 0 Å². The highest BCUT2D eigenvalue weighted by atomic mass is 19.4. The first kappa shape index (κ1) is 19.2. The summed E-state index contributed by atoms with van der Waals surface area (Å²) in [4.78, 5) is 23.7. The zero-order valence-electron chi connectivity index (χ0n) is 15.5. The van der Waals surface area contributed by atoms with E-state index in [1.165, 1.54) is 6.20 Å². The lowest BCUT2D eigenvalue weighted by molar-refractivity contribution is -0.137. The largest absolute Gasteiger partial charge is 0.416 e. The van der Waals surface area contributed by atoms with Gasteiger partial charge in [-0.25, -0.2) is 4.98 Å². The fourth-order valence-corrected chi connectivity index (χ4v) is 3.36. The highest BCUT2D eigenvalue weighted by molar-refractivity contribution is 5.91. The molecule has 1 aliphatic rings. The number of hydrogen-bond acceptors (Lipinski definition) is 6. The molecular formula is C19H19F3N6O. The number of anilines is 3. The summed E-state index contributed by atoms with van der Waals surface area (Å²) in [5.41, 5.74) is -0.187. The molecule has 1 atom stereocenters. The smallest absolute Gasteiger partial charge is 0.350 e. The van der Waals surface area contributed by atoms with Crippen molar-refractivity contribution < 1.29 is 13.2 Å². The predicted molar refractivity (Wildman–Crippen MR) is 105 cm³/mol. The van der Waals surface area contributed by atoms with E-state index in [0.29, 0.717) is 17.0 Å². The van der Waals surface area contributed by atoms with Crippen LogP contribution in [0.25, 0.3) is 10.9 Å². The Bertz CT molecular complexity index is 1110. The average Bonchev–Trinajstić information content (AvgIpc) is 3.13. The second kappa shape index (κ2) is 7.36. The number of nitrogens with one attached hydrogen (secondary N) is 4. The van der Waals surface area contributed by atoms with Gasteiger partial charge in [0.1, 0.15) is 11.2 Å². The molecule has 1 fully saturated rings. The van der Waals surface area contributed by atoms with Gasteiger partial charge in [0.05, 0.1) is 11.1 Å². The van der Waals surface area contributed by atoms with E-state index in [2.05, 4.69) is 30.9 Å². The van der Waals surface area contributed by atoms with Crippen LogP contribution in [0.3, 0.4) is 0 Å². The molecule has 0 unspecified atom stereocenters. The van der Waals surface area contributed by atoms with Gasteiger partial charge >= 0.3 is 6.18 Å². The summed E-state index contributed by atoms with van der Waals surface area (Å²) in [6.07, 6.45) is -2.11. The summed E-state index contributed by atoms with van der Waals surface area (Å²) in [6.45, 7) is 3.21. The van der Waals surface area contributed by atoms with Crippen LogP contribution in [0.4, 0.5) is 30.6 Å². The van der Waals surface area contributed by atoms with Crippen LogP contribution in [0, 0.1) is 6.92 Å². The second-order valence-corrected chi connectivity index (χ2v) is 7.01. The minimum atomic E-state index is -4.48. The fraction of sp³-hybridized carbons (Fsp3) is 0.316. The Balaban J connectivity index is 1.78. The molecule has 0 saturated carbocycles. The maximum atomic E-state index is 13.2. The number of fused-ring (bicyclic) bond motifs is 1. The quantitative estimate of drug-likeness (QED) is 0.534. The van der Waals surface area contributed by atoms with Crippen LogP contribution in [0.5, 0.6) is 0 Å². The highest BCUT2D eigenvalue weighted by Gasteiger charge is 2.31. The Hall–Kier alpha value is -3.14. The summed E-state index contributed by atoms with van der Waals surface area (Å²) < 4.78 is 39.5. The summed E-state index contributed by atoms with van der Waals surface area (Å²) in [5.74, 6) is 0.451. The molecule has 3 heterocycles. The third-order valence-corrected chi connectivity index (χ3v) is 4.68. The molecule has 0 spiro atoms. The lowest BCUT2D eigenvalue weighted by Crippen LogP contribution is -2.24. The van der Waals surface area contributed by atoms with Crippen molar-refractivity contribution in [2.24, 2.45) is 0 Å². The van der Waals surface area contributed by atoms with Gasteiger partial charge in [-0.2, -0.15) is 18.2 Å². The maximum Gasteiger partial charge on any atom is 0.416 e. The molecule has 4 rings (SSSR count). The minimum absolute atomic E-state index is 0.137. The van der Waals surface area contributed by atoms with Gasteiger partial charge in [0, 0.05) is 24.5 Å². The molecule has 0 amide bonds. The zero-order valence-corrected chi connectivity index (χ0v) is 15.5. The molecule has 1 saturated heterocycles. The van der Waals surface area contributed by atoms with Crippen molar-refractivity contribution in [1.82, 2.24) is 20.3 Å². The van der Waals surface area contributed by atoms with Gasteiger partial charge in [0.2, 0.25) is 5.95 Å². The van der Waals surface area contributed by atoms with Gasteiger partial charge in [-0.1, -0.05) is 0 Å². The minimum Gasteiger partial charge on any atom is -0.350 e. The molecule has 3 aromatic rings. The van der Waals surface area contributed by atoms with E-state index >= 15 is 0 Å². The Morgan fingerprint density at radius 3 is 2.76 bits per heavy atom. The van der Waals surface area contributed by atoms with Gasteiger partial charge in [-0.05, 0) is 49.7 Å². The van der Waals surface area contributed by atoms with Gasteiger partial charge in [-0.3, -0.25) is 4.79 Å². The zero-order chi connectivity index (χ0) is 20.6. The van der Waals surface area contributed by atoms with Crippen molar-refractivity contribution in [3.05, 3.63) is 51.9 Å². The molecule has 1 aliphatic heterocycles. The third kappa shape index (κ3) is 4.16. The summed E-state index contributed by atoms with van der Waals surface area (Å²) in [6, 6.07) is 5.38. The first-order valence-electron chi connectivity index (χ1n) is 9.12. The normalized spacial score (nSPS) is 16.9. The Kier molecular flexibility index (Phi) is 4.87. The van der Waals surface area contributed by atoms with Crippen molar-refractivity contribution >= 4 is 28.4 Å². The lowest BCUT2D eigenvalue weighted by atomic mass is 10.1.